The summed E-state index contributed by atoms with van der Waals surface area (Å²) in [4.78, 5) is 29.4. The van der Waals surface area contributed by atoms with E-state index in [9.17, 15) is 4.79 Å². The highest BCUT2D eigenvalue weighted by atomic mass is 16.5. The second kappa shape index (κ2) is 19.0. The lowest BCUT2D eigenvalue weighted by molar-refractivity contribution is -0.122. The van der Waals surface area contributed by atoms with Crippen molar-refractivity contribution in [3.05, 3.63) is 99.4 Å². The molecule has 1 saturated heterocycles. The van der Waals surface area contributed by atoms with Crippen molar-refractivity contribution in [2.24, 2.45) is 28.6 Å². The SMILES string of the molecule is C=C(C)C(C)(C)C(CCCC)C(=O)C(/C(CCC)=C(/C)C(=O)Nc1ccc(C)c(C2=CC=C=C(CC3CCOCC3)C=C2)c1)=C(\C)C(C)C(C)(C)C. The molecule has 1 fully saturated rings. The second-order valence-corrected chi connectivity index (χ2v) is 17.1. The summed E-state index contributed by atoms with van der Waals surface area (Å²) in [5.41, 5.74) is 12.6. The van der Waals surface area contributed by atoms with Crippen LogP contribution in [0.1, 0.15) is 139 Å². The largest absolute Gasteiger partial charge is 0.381 e. The van der Waals surface area contributed by atoms with E-state index < -0.39 is 0 Å². The monoisotopic (exact) mass is 708 g/mol. The van der Waals surface area contributed by atoms with E-state index in [-0.39, 0.29) is 34.4 Å². The zero-order valence-electron chi connectivity index (χ0n) is 34.8. The van der Waals surface area contributed by atoms with Crippen LogP contribution in [0.25, 0.3) is 5.57 Å². The molecule has 1 aromatic carbocycles. The fourth-order valence-corrected chi connectivity index (χ4v) is 7.37. The molecule has 1 amide bonds. The van der Waals surface area contributed by atoms with Crippen LogP contribution in [0, 0.1) is 35.5 Å². The van der Waals surface area contributed by atoms with Crippen molar-refractivity contribution in [1.29, 1.82) is 0 Å². The molecule has 0 saturated carbocycles. The molecule has 4 nitrogen and oxygen atoms in total. The molecule has 284 valence electrons. The Labute approximate surface area is 317 Å². The van der Waals surface area contributed by atoms with Gasteiger partial charge in [0.05, 0.1) is 0 Å². The number of hydrogen-bond donors (Lipinski definition) is 1. The Morgan fingerprint density at radius 3 is 2.29 bits per heavy atom. The minimum Gasteiger partial charge on any atom is -0.381 e. The molecule has 2 atom stereocenters. The van der Waals surface area contributed by atoms with E-state index in [1.807, 2.05) is 26.0 Å². The van der Waals surface area contributed by atoms with Crippen LogP contribution in [0.15, 0.2) is 88.3 Å². The molecule has 1 aliphatic heterocycles. The van der Waals surface area contributed by atoms with Crippen molar-refractivity contribution in [3.8, 4) is 0 Å². The molecule has 2 aliphatic rings. The Bertz CT molecular complexity index is 1650. The van der Waals surface area contributed by atoms with Gasteiger partial charge in [-0.25, -0.2) is 0 Å². The predicted octanol–water partition coefficient (Wildman–Crippen LogP) is 12.9. The maximum atomic E-state index is 15.1. The molecule has 0 bridgehead atoms. The van der Waals surface area contributed by atoms with Gasteiger partial charge in [0, 0.05) is 36.0 Å². The van der Waals surface area contributed by atoms with Crippen LogP contribution in [0.5, 0.6) is 0 Å². The molecule has 0 spiro atoms. The Kier molecular flexibility index (Phi) is 15.7. The van der Waals surface area contributed by atoms with Gasteiger partial charge in [0.1, 0.15) is 0 Å². The average molecular weight is 708 g/mol. The van der Waals surface area contributed by atoms with Gasteiger partial charge in [-0.15, -0.1) is 5.73 Å². The van der Waals surface area contributed by atoms with Gasteiger partial charge in [-0.05, 0) is 135 Å². The Hall–Kier alpha value is -3.46. The summed E-state index contributed by atoms with van der Waals surface area (Å²) in [5, 5.41) is 3.23. The van der Waals surface area contributed by atoms with E-state index in [1.165, 1.54) is 5.57 Å². The number of aryl methyl sites for hydroxylation is 1. The highest BCUT2D eigenvalue weighted by Crippen LogP contribution is 2.43. The van der Waals surface area contributed by atoms with Crippen LogP contribution in [0.4, 0.5) is 5.69 Å². The summed E-state index contributed by atoms with van der Waals surface area (Å²) < 4.78 is 5.56. The summed E-state index contributed by atoms with van der Waals surface area (Å²) >= 11 is 0. The number of rotatable bonds is 16. The second-order valence-electron chi connectivity index (χ2n) is 17.1. The van der Waals surface area contributed by atoms with Gasteiger partial charge < -0.3 is 10.1 Å². The number of carbonyl (C=O) groups is 2. The first-order valence-electron chi connectivity index (χ1n) is 19.9. The fraction of sp³-hybridized carbons (Fsp3) is 0.562. The first kappa shape index (κ1) is 42.9. The number of hydrogen-bond acceptors (Lipinski definition) is 3. The van der Waals surface area contributed by atoms with E-state index in [0.29, 0.717) is 17.9 Å². The van der Waals surface area contributed by atoms with Crippen LogP contribution in [0.3, 0.4) is 0 Å². The number of unbranched alkanes of at least 4 members (excludes halogenated alkanes) is 1. The summed E-state index contributed by atoms with van der Waals surface area (Å²) in [6.45, 7) is 31.7. The molecule has 4 heteroatoms. The summed E-state index contributed by atoms with van der Waals surface area (Å²) in [7, 11) is 0. The standard InChI is InChI=1S/C48H69NO3/c1-14-16-21-43(48(12,13)32(3)4)45(50)44(34(6)36(8)47(9,10)11)41(18-15-2)35(7)46(51)49-40-25-22-33(5)42(31-40)39-20-17-19-37(23-24-39)30-38-26-28-52-29-27-38/h17,20,22-25,31,36,38,43H,3,14-16,18,21,26-30H2,1-2,4-13H3,(H,49,51)/b41-35-,44-34+. The fourth-order valence-electron chi connectivity index (χ4n) is 7.37. The lowest BCUT2D eigenvalue weighted by Crippen LogP contribution is -2.35. The van der Waals surface area contributed by atoms with Crippen molar-refractivity contribution >= 4 is 23.0 Å². The minimum absolute atomic E-state index is 0.0539. The summed E-state index contributed by atoms with van der Waals surface area (Å²) in [6, 6.07) is 6.11. The van der Waals surface area contributed by atoms with E-state index >= 15 is 4.79 Å². The number of amides is 1. The number of Topliss-reactive ketones (excluding diaryl/α,β-unsaturated/α-hetero) is 1. The van der Waals surface area contributed by atoms with Crippen molar-refractivity contribution in [1.82, 2.24) is 0 Å². The number of ether oxygens (including phenoxy) is 1. The van der Waals surface area contributed by atoms with Gasteiger partial charge >= 0.3 is 0 Å². The van der Waals surface area contributed by atoms with E-state index in [4.69, 9.17) is 4.74 Å². The van der Waals surface area contributed by atoms with E-state index in [1.54, 1.807) is 0 Å². The first-order chi connectivity index (χ1) is 24.4. The van der Waals surface area contributed by atoms with Gasteiger partial charge in [-0.3, -0.25) is 9.59 Å². The molecule has 52 heavy (non-hydrogen) atoms. The zero-order chi connectivity index (χ0) is 38.8. The maximum absolute atomic E-state index is 15.1. The van der Waals surface area contributed by atoms with Gasteiger partial charge in [0.25, 0.3) is 5.91 Å². The van der Waals surface area contributed by atoms with Crippen molar-refractivity contribution < 1.29 is 14.3 Å². The Morgan fingerprint density at radius 1 is 1.02 bits per heavy atom. The first-order valence-corrected chi connectivity index (χ1v) is 19.9. The number of allylic oxidation sites excluding steroid dienone is 9. The molecule has 2 unspecified atom stereocenters. The smallest absolute Gasteiger partial charge is 0.251 e. The van der Waals surface area contributed by atoms with Gasteiger partial charge in [-0.1, -0.05) is 111 Å². The number of benzene rings is 1. The molecule has 1 aliphatic carbocycles. The van der Waals surface area contributed by atoms with E-state index in [2.05, 4.69) is 117 Å². The highest BCUT2D eigenvalue weighted by molar-refractivity contribution is 6.09. The third-order valence-corrected chi connectivity index (χ3v) is 12.0. The molecule has 1 aromatic rings. The molecule has 1 heterocycles. The van der Waals surface area contributed by atoms with Gasteiger partial charge in [0.15, 0.2) is 5.78 Å². The molecular formula is C48H69NO3. The quantitative estimate of drug-likeness (QED) is 0.0805. The van der Waals surface area contributed by atoms with Gasteiger partial charge in [-0.2, -0.15) is 0 Å². The van der Waals surface area contributed by atoms with E-state index in [0.717, 1.165) is 103 Å². The lowest BCUT2D eigenvalue weighted by atomic mass is 9.66. The third-order valence-electron chi connectivity index (χ3n) is 12.0. The third kappa shape index (κ3) is 11.0. The highest BCUT2D eigenvalue weighted by Gasteiger charge is 2.39. The van der Waals surface area contributed by atoms with Crippen LogP contribution in [-0.4, -0.2) is 24.9 Å². The molecule has 0 radical (unpaired) electrons. The topological polar surface area (TPSA) is 55.4 Å². The Morgan fingerprint density at radius 2 is 1.69 bits per heavy atom. The molecule has 1 N–H and O–H groups in total. The van der Waals surface area contributed by atoms with Crippen molar-refractivity contribution in [3.63, 3.8) is 0 Å². The van der Waals surface area contributed by atoms with Crippen LogP contribution >= 0.6 is 0 Å². The number of ketones is 1. The lowest BCUT2D eigenvalue weighted by Gasteiger charge is -2.37. The summed E-state index contributed by atoms with van der Waals surface area (Å²) in [5.74, 6) is 0.514. The molecular weight excluding hydrogens is 639 g/mol. The normalized spacial score (nSPS) is 17.7. The van der Waals surface area contributed by atoms with Crippen LogP contribution in [-0.2, 0) is 14.3 Å². The minimum atomic E-state index is -0.383. The van der Waals surface area contributed by atoms with Crippen LogP contribution < -0.4 is 5.32 Å². The average Bonchev–Trinajstić information content (AvgIpc) is 3.33. The van der Waals surface area contributed by atoms with Crippen LogP contribution in [0.2, 0.25) is 0 Å². The zero-order valence-corrected chi connectivity index (χ0v) is 34.8. The molecule has 3 rings (SSSR count). The molecule has 0 aromatic heterocycles. The summed E-state index contributed by atoms with van der Waals surface area (Å²) in [6.07, 6.45) is 15.9. The number of nitrogens with one attached hydrogen (secondary N) is 1. The predicted molar refractivity (Wildman–Crippen MR) is 222 cm³/mol. The maximum Gasteiger partial charge on any atom is 0.251 e. The number of carbonyl (C=O) groups excluding carboxylic acids is 2. The Balaban J connectivity index is 2.04. The van der Waals surface area contributed by atoms with Crippen molar-refractivity contribution in [2.75, 3.05) is 18.5 Å². The van der Waals surface area contributed by atoms with Gasteiger partial charge in [0.2, 0.25) is 0 Å². The number of anilines is 1. The van der Waals surface area contributed by atoms with Crippen molar-refractivity contribution in [2.45, 2.75) is 134 Å².